The minimum atomic E-state index is -3.81. The van der Waals surface area contributed by atoms with Gasteiger partial charge in [0.25, 0.3) is 15.9 Å². The first-order chi connectivity index (χ1) is 13.3. The van der Waals surface area contributed by atoms with Crippen LogP contribution in [-0.2, 0) is 16.4 Å². The van der Waals surface area contributed by atoms with Crippen LogP contribution in [0.5, 0.6) is 0 Å². The van der Waals surface area contributed by atoms with E-state index in [1.54, 1.807) is 42.2 Å². The van der Waals surface area contributed by atoms with E-state index in [0.29, 0.717) is 29.4 Å². The highest BCUT2D eigenvalue weighted by Crippen LogP contribution is 2.33. The Hall–Kier alpha value is -2.77. The van der Waals surface area contributed by atoms with Crippen molar-refractivity contribution in [1.82, 2.24) is 0 Å². The van der Waals surface area contributed by atoms with Gasteiger partial charge in [-0.3, -0.25) is 9.52 Å². The third-order valence-corrected chi connectivity index (χ3v) is 6.45. The van der Waals surface area contributed by atoms with Crippen molar-refractivity contribution < 1.29 is 17.6 Å². The summed E-state index contributed by atoms with van der Waals surface area (Å²) in [5.74, 6) is -0.0118. The molecule has 2 aromatic carbocycles. The molecule has 0 fully saturated rings. The molecule has 0 spiro atoms. The number of fused-ring (bicyclic) bond motifs is 1. The Kier molecular flexibility index (Phi) is 4.64. The minimum Gasteiger partial charge on any atom is -0.459 e. The van der Waals surface area contributed by atoms with Gasteiger partial charge in [0.15, 0.2) is 5.76 Å². The normalized spacial score (nSPS) is 13.4. The molecule has 1 aliphatic rings. The molecule has 1 aliphatic heterocycles. The molecule has 1 amide bonds. The summed E-state index contributed by atoms with van der Waals surface area (Å²) in [6, 6.07) is 13.0. The van der Waals surface area contributed by atoms with Crippen molar-refractivity contribution in [3.8, 4) is 0 Å². The lowest BCUT2D eigenvalue weighted by atomic mass is 10.1. The number of sulfonamides is 1. The monoisotopic (exact) mass is 416 g/mol. The molecular formula is C20H17ClN2O4S. The topological polar surface area (TPSA) is 79.6 Å². The van der Waals surface area contributed by atoms with Crippen molar-refractivity contribution in [2.75, 3.05) is 16.2 Å². The number of aryl methyl sites for hydroxylation is 1. The number of halogens is 1. The molecule has 0 bridgehead atoms. The lowest BCUT2D eigenvalue weighted by molar-refractivity contribution is 0.0963. The molecule has 0 radical (unpaired) electrons. The van der Waals surface area contributed by atoms with E-state index < -0.39 is 10.0 Å². The SMILES string of the molecule is Cc1ccc(S(=O)(=O)Nc2ccc3c(c2)N(C(=O)c2ccco2)CC3)cc1Cl. The predicted octanol–water partition coefficient (Wildman–Crippen LogP) is 4.25. The highest BCUT2D eigenvalue weighted by molar-refractivity contribution is 7.92. The van der Waals surface area contributed by atoms with Gasteiger partial charge in [-0.25, -0.2) is 8.42 Å². The highest BCUT2D eigenvalue weighted by Gasteiger charge is 2.28. The maximum Gasteiger partial charge on any atom is 0.293 e. The third-order valence-electron chi connectivity index (χ3n) is 4.66. The molecule has 1 N–H and O–H groups in total. The van der Waals surface area contributed by atoms with E-state index in [1.165, 1.54) is 18.4 Å². The summed E-state index contributed by atoms with van der Waals surface area (Å²) in [6.07, 6.45) is 2.14. The maximum absolute atomic E-state index is 12.7. The fraction of sp³-hybridized carbons (Fsp3) is 0.150. The minimum absolute atomic E-state index is 0.0760. The van der Waals surface area contributed by atoms with Gasteiger partial charge in [0.1, 0.15) is 0 Å². The number of hydrogen-bond acceptors (Lipinski definition) is 4. The van der Waals surface area contributed by atoms with Crippen LogP contribution in [0.4, 0.5) is 11.4 Å². The van der Waals surface area contributed by atoms with E-state index in [2.05, 4.69) is 4.72 Å². The smallest absolute Gasteiger partial charge is 0.293 e. The summed E-state index contributed by atoms with van der Waals surface area (Å²) in [7, 11) is -3.81. The molecule has 0 atom stereocenters. The average Bonchev–Trinajstić information content (AvgIpc) is 3.32. The van der Waals surface area contributed by atoms with Crippen LogP contribution in [0.15, 0.2) is 64.1 Å². The van der Waals surface area contributed by atoms with Gasteiger partial charge in [-0.15, -0.1) is 0 Å². The van der Waals surface area contributed by atoms with Gasteiger partial charge in [-0.05, 0) is 60.9 Å². The zero-order valence-electron chi connectivity index (χ0n) is 15.0. The molecule has 2 heterocycles. The quantitative estimate of drug-likeness (QED) is 0.689. The van der Waals surface area contributed by atoms with Gasteiger partial charge in [0.05, 0.1) is 16.8 Å². The summed E-state index contributed by atoms with van der Waals surface area (Å²) in [6.45, 7) is 2.32. The average molecular weight is 417 g/mol. The zero-order valence-corrected chi connectivity index (χ0v) is 16.5. The van der Waals surface area contributed by atoms with E-state index >= 15 is 0 Å². The maximum atomic E-state index is 12.7. The van der Waals surface area contributed by atoms with Crippen molar-refractivity contribution in [1.29, 1.82) is 0 Å². The van der Waals surface area contributed by atoms with Crippen molar-refractivity contribution >= 4 is 38.9 Å². The zero-order chi connectivity index (χ0) is 19.9. The predicted molar refractivity (Wildman–Crippen MR) is 108 cm³/mol. The fourth-order valence-corrected chi connectivity index (χ4v) is 4.46. The number of rotatable bonds is 4. The first-order valence-electron chi connectivity index (χ1n) is 8.62. The highest BCUT2D eigenvalue weighted by atomic mass is 35.5. The second-order valence-electron chi connectivity index (χ2n) is 6.54. The Balaban J connectivity index is 1.63. The van der Waals surface area contributed by atoms with Crippen LogP contribution >= 0.6 is 11.6 Å². The van der Waals surface area contributed by atoms with Gasteiger partial charge in [0, 0.05) is 17.3 Å². The number of nitrogens with zero attached hydrogens (tertiary/aromatic N) is 1. The van der Waals surface area contributed by atoms with Crippen LogP contribution < -0.4 is 9.62 Å². The molecule has 1 aromatic heterocycles. The molecular weight excluding hydrogens is 400 g/mol. The summed E-state index contributed by atoms with van der Waals surface area (Å²) in [4.78, 5) is 14.3. The summed E-state index contributed by atoms with van der Waals surface area (Å²) in [5.41, 5.74) is 2.81. The van der Waals surface area contributed by atoms with Gasteiger partial charge in [-0.2, -0.15) is 0 Å². The molecule has 28 heavy (non-hydrogen) atoms. The molecule has 144 valence electrons. The van der Waals surface area contributed by atoms with Crippen molar-refractivity contribution in [3.63, 3.8) is 0 Å². The van der Waals surface area contributed by atoms with Gasteiger partial charge in [0.2, 0.25) is 0 Å². The standard InChI is InChI=1S/C20H17ClN2O4S/c1-13-4-7-16(12-17(13)21)28(25,26)22-15-6-5-14-8-9-23(18(14)11-15)20(24)19-3-2-10-27-19/h2-7,10-12,22H,8-9H2,1H3. The molecule has 4 rings (SSSR count). The van der Waals surface area contributed by atoms with Crippen LogP contribution in [0.1, 0.15) is 21.7 Å². The molecule has 0 aliphatic carbocycles. The fourth-order valence-electron chi connectivity index (χ4n) is 3.14. The van der Waals surface area contributed by atoms with Gasteiger partial charge in [-0.1, -0.05) is 23.7 Å². The number of anilines is 2. The van der Waals surface area contributed by atoms with Crippen LogP contribution in [0.2, 0.25) is 5.02 Å². The Morgan fingerprint density at radius 2 is 2.00 bits per heavy atom. The van der Waals surface area contributed by atoms with Gasteiger partial charge < -0.3 is 9.32 Å². The number of carbonyl (C=O) groups is 1. The Morgan fingerprint density at radius 3 is 2.71 bits per heavy atom. The van der Waals surface area contributed by atoms with Crippen LogP contribution in [0.25, 0.3) is 0 Å². The lowest BCUT2D eigenvalue weighted by Gasteiger charge is -2.17. The van der Waals surface area contributed by atoms with Crippen molar-refractivity contribution in [3.05, 3.63) is 76.7 Å². The third kappa shape index (κ3) is 3.39. The Labute approximate surface area is 167 Å². The van der Waals surface area contributed by atoms with E-state index in [4.69, 9.17) is 16.0 Å². The molecule has 0 unspecified atom stereocenters. The molecule has 0 saturated carbocycles. The van der Waals surface area contributed by atoms with E-state index in [9.17, 15) is 13.2 Å². The number of nitrogens with one attached hydrogen (secondary N) is 1. The summed E-state index contributed by atoms with van der Waals surface area (Å²) >= 11 is 6.06. The lowest BCUT2D eigenvalue weighted by Crippen LogP contribution is -2.28. The van der Waals surface area contributed by atoms with Crippen LogP contribution in [0.3, 0.4) is 0 Å². The van der Waals surface area contributed by atoms with Crippen LogP contribution in [-0.4, -0.2) is 20.9 Å². The largest absolute Gasteiger partial charge is 0.459 e. The van der Waals surface area contributed by atoms with Crippen LogP contribution in [0, 0.1) is 6.92 Å². The second kappa shape index (κ2) is 7.00. The second-order valence-corrected chi connectivity index (χ2v) is 8.63. The Morgan fingerprint density at radius 1 is 1.18 bits per heavy atom. The molecule has 6 nitrogen and oxygen atoms in total. The molecule has 3 aromatic rings. The summed E-state index contributed by atoms with van der Waals surface area (Å²) < 4.78 is 33.2. The first kappa shape index (κ1) is 18.6. The number of hydrogen-bond donors (Lipinski definition) is 1. The molecule has 8 heteroatoms. The van der Waals surface area contributed by atoms with E-state index in [0.717, 1.165) is 11.1 Å². The number of carbonyl (C=O) groups excluding carboxylic acids is 1. The van der Waals surface area contributed by atoms with Crippen molar-refractivity contribution in [2.24, 2.45) is 0 Å². The number of amides is 1. The van der Waals surface area contributed by atoms with Crippen molar-refractivity contribution in [2.45, 2.75) is 18.2 Å². The number of furan rings is 1. The van der Waals surface area contributed by atoms with E-state index in [1.807, 2.05) is 6.07 Å². The number of benzene rings is 2. The van der Waals surface area contributed by atoms with Gasteiger partial charge >= 0.3 is 0 Å². The Bertz CT molecular complexity index is 1160. The van der Waals surface area contributed by atoms with E-state index in [-0.39, 0.29) is 16.6 Å². The first-order valence-corrected chi connectivity index (χ1v) is 10.5. The summed E-state index contributed by atoms with van der Waals surface area (Å²) in [5, 5.41) is 0.382. The molecule has 0 saturated heterocycles.